The molecule has 0 bridgehead atoms. The second-order valence-electron chi connectivity index (χ2n) is 8.80. The van der Waals surface area contributed by atoms with Crippen molar-refractivity contribution >= 4 is 21.9 Å². The maximum absolute atomic E-state index is 6.00. The average Bonchev–Trinajstić information content (AvgIpc) is 3.13. The summed E-state index contributed by atoms with van der Waals surface area (Å²) in [5.74, 6) is 2.30. The summed E-state index contributed by atoms with van der Waals surface area (Å²) >= 11 is 0. The molecule has 0 spiro atoms. The maximum Gasteiger partial charge on any atom is 0.139 e. The molecule has 30 heavy (non-hydrogen) atoms. The van der Waals surface area contributed by atoms with Gasteiger partial charge in [-0.05, 0) is 35.9 Å². The second kappa shape index (κ2) is 6.79. The highest BCUT2D eigenvalue weighted by Gasteiger charge is 2.34. The number of imidazole rings is 1. The van der Waals surface area contributed by atoms with Crippen LogP contribution in [0.15, 0.2) is 54.9 Å². The van der Waals surface area contributed by atoms with Gasteiger partial charge in [-0.2, -0.15) is 0 Å². The Hall–Kier alpha value is -2.96. The predicted molar refractivity (Wildman–Crippen MR) is 116 cm³/mol. The van der Waals surface area contributed by atoms with Crippen molar-refractivity contribution < 1.29 is 9.47 Å². The highest BCUT2D eigenvalue weighted by molar-refractivity contribution is 5.85. The molecule has 2 aliphatic rings. The molecule has 0 radical (unpaired) electrons. The number of hydrogen-bond donors (Lipinski definition) is 1. The van der Waals surface area contributed by atoms with Gasteiger partial charge in [-0.3, -0.25) is 4.57 Å². The van der Waals surface area contributed by atoms with Gasteiger partial charge in [0.15, 0.2) is 0 Å². The molecule has 2 fully saturated rings. The fraction of sp³-hybridized carbons (Fsp3) is 0.333. The topological polar surface area (TPSA) is 61.2 Å². The minimum atomic E-state index is 0.123. The first-order valence-electron chi connectivity index (χ1n) is 10.5. The molecule has 0 unspecified atom stereocenters. The number of pyridine rings is 1. The Morgan fingerprint density at radius 1 is 1.13 bits per heavy atom. The number of aromatic nitrogens is 3. The van der Waals surface area contributed by atoms with Gasteiger partial charge in [0.1, 0.15) is 17.9 Å². The number of hydrogen-bond acceptors (Lipinski definition) is 5. The van der Waals surface area contributed by atoms with E-state index < -0.39 is 0 Å². The van der Waals surface area contributed by atoms with Crippen molar-refractivity contribution in [3.63, 3.8) is 0 Å². The molecule has 6 heteroatoms. The molecule has 4 aromatic rings. The van der Waals surface area contributed by atoms with E-state index in [0.29, 0.717) is 12.5 Å². The van der Waals surface area contributed by atoms with Crippen molar-refractivity contribution in [2.45, 2.75) is 12.8 Å². The molecule has 1 N–H and O–H groups in total. The van der Waals surface area contributed by atoms with Crippen molar-refractivity contribution in [2.24, 2.45) is 5.41 Å². The van der Waals surface area contributed by atoms with Crippen LogP contribution in [-0.2, 0) is 4.74 Å². The van der Waals surface area contributed by atoms with Gasteiger partial charge >= 0.3 is 0 Å². The second-order valence-corrected chi connectivity index (χ2v) is 8.80. The predicted octanol–water partition coefficient (Wildman–Crippen LogP) is 3.68. The van der Waals surface area contributed by atoms with Crippen LogP contribution in [0.1, 0.15) is 18.4 Å². The van der Waals surface area contributed by atoms with Crippen molar-refractivity contribution in [3.8, 4) is 11.6 Å². The quantitative estimate of drug-likeness (QED) is 0.554. The van der Waals surface area contributed by atoms with Crippen LogP contribution in [0.2, 0.25) is 0 Å². The summed E-state index contributed by atoms with van der Waals surface area (Å²) in [5.41, 5.74) is 4.45. The fourth-order valence-corrected chi connectivity index (χ4v) is 4.22. The summed E-state index contributed by atoms with van der Waals surface area (Å²) in [6.45, 7) is 6.45. The van der Waals surface area contributed by atoms with E-state index in [4.69, 9.17) is 14.5 Å². The SMILES string of the molecule is CC1(COc2ccc3c(c2)ncn3-c2ccc3c(C4CNC4)cccc3n2)COC1. The maximum atomic E-state index is 6.00. The Kier molecular flexibility index (Phi) is 4.04. The molecular weight excluding hydrogens is 376 g/mol. The van der Waals surface area contributed by atoms with E-state index in [1.165, 1.54) is 10.9 Å². The van der Waals surface area contributed by atoms with Crippen LogP contribution in [0.5, 0.6) is 5.75 Å². The zero-order chi connectivity index (χ0) is 20.1. The lowest BCUT2D eigenvalue weighted by atomic mass is 9.90. The molecule has 4 heterocycles. The zero-order valence-corrected chi connectivity index (χ0v) is 17.0. The van der Waals surface area contributed by atoms with Crippen molar-refractivity contribution in [1.29, 1.82) is 0 Å². The van der Waals surface area contributed by atoms with Crippen LogP contribution in [0.25, 0.3) is 27.8 Å². The highest BCUT2D eigenvalue weighted by atomic mass is 16.5. The largest absolute Gasteiger partial charge is 0.493 e. The summed E-state index contributed by atoms with van der Waals surface area (Å²) in [6, 6.07) is 16.7. The van der Waals surface area contributed by atoms with Gasteiger partial charge < -0.3 is 14.8 Å². The number of ether oxygens (including phenoxy) is 2. The van der Waals surface area contributed by atoms with Crippen LogP contribution >= 0.6 is 0 Å². The molecule has 2 aliphatic heterocycles. The molecule has 6 rings (SSSR count). The lowest BCUT2D eigenvalue weighted by Gasteiger charge is -2.37. The molecule has 0 aliphatic carbocycles. The lowest BCUT2D eigenvalue weighted by molar-refractivity contribution is -0.120. The minimum Gasteiger partial charge on any atom is -0.493 e. The summed E-state index contributed by atoms with van der Waals surface area (Å²) in [5, 5.41) is 4.59. The van der Waals surface area contributed by atoms with Crippen LogP contribution in [0.4, 0.5) is 0 Å². The molecule has 2 aromatic heterocycles. The smallest absolute Gasteiger partial charge is 0.139 e. The van der Waals surface area contributed by atoms with Crippen LogP contribution in [0, 0.1) is 5.41 Å². The summed E-state index contributed by atoms with van der Waals surface area (Å²) in [6.07, 6.45) is 1.84. The third-order valence-corrected chi connectivity index (χ3v) is 6.23. The number of rotatable bonds is 5. The normalized spacial score (nSPS) is 18.3. The van der Waals surface area contributed by atoms with E-state index in [2.05, 4.69) is 53.6 Å². The number of nitrogens with zero attached hydrogens (tertiary/aromatic N) is 3. The van der Waals surface area contributed by atoms with Gasteiger partial charge in [-0.25, -0.2) is 9.97 Å². The van der Waals surface area contributed by atoms with Gasteiger partial charge in [0.25, 0.3) is 0 Å². The first-order chi connectivity index (χ1) is 14.7. The van der Waals surface area contributed by atoms with Crippen molar-refractivity contribution in [1.82, 2.24) is 19.9 Å². The van der Waals surface area contributed by atoms with Crippen LogP contribution in [-0.4, -0.2) is 47.4 Å². The molecular formula is C24H24N4O2. The molecule has 0 atom stereocenters. The highest BCUT2D eigenvalue weighted by Crippen LogP contribution is 2.30. The van der Waals surface area contributed by atoms with E-state index in [-0.39, 0.29) is 5.41 Å². The minimum absolute atomic E-state index is 0.123. The van der Waals surface area contributed by atoms with Gasteiger partial charge in [-0.15, -0.1) is 0 Å². The Balaban J connectivity index is 1.31. The molecule has 152 valence electrons. The third-order valence-electron chi connectivity index (χ3n) is 6.23. The Bertz CT molecular complexity index is 1240. The van der Waals surface area contributed by atoms with Crippen molar-refractivity contribution in [2.75, 3.05) is 32.9 Å². The van der Waals surface area contributed by atoms with E-state index in [1.807, 2.05) is 23.0 Å². The molecule has 0 saturated carbocycles. The standard InChI is InChI=1S/C24H24N4O2/c1-24(12-29-13-24)14-30-17-5-7-22-21(9-17)26-15-28(22)23-8-6-19-18(16-10-25-11-16)3-2-4-20(19)27-23/h2-9,15-16,25H,10-14H2,1H3. The molecule has 6 nitrogen and oxygen atoms in total. The first-order valence-corrected chi connectivity index (χ1v) is 10.5. The number of benzene rings is 2. The zero-order valence-electron chi connectivity index (χ0n) is 17.0. The van der Waals surface area contributed by atoms with E-state index in [9.17, 15) is 0 Å². The third kappa shape index (κ3) is 2.95. The Morgan fingerprint density at radius 3 is 2.80 bits per heavy atom. The van der Waals surface area contributed by atoms with E-state index in [1.54, 1.807) is 0 Å². The van der Waals surface area contributed by atoms with E-state index in [0.717, 1.165) is 54.4 Å². The van der Waals surface area contributed by atoms with Crippen LogP contribution in [0.3, 0.4) is 0 Å². The molecule has 2 aromatic carbocycles. The summed E-state index contributed by atoms with van der Waals surface area (Å²) in [4.78, 5) is 9.53. The summed E-state index contributed by atoms with van der Waals surface area (Å²) < 4.78 is 13.3. The summed E-state index contributed by atoms with van der Waals surface area (Å²) in [7, 11) is 0. The van der Waals surface area contributed by atoms with Gasteiger partial charge in [-0.1, -0.05) is 19.1 Å². The van der Waals surface area contributed by atoms with Gasteiger partial charge in [0.2, 0.25) is 0 Å². The monoisotopic (exact) mass is 400 g/mol. The number of nitrogens with one attached hydrogen (secondary N) is 1. The fourth-order valence-electron chi connectivity index (χ4n) is 4.22. The van der Waals surface area contributed by atoms with Gasteiger partial charge in [0, 0.05) is 35.9 Å². The van der Waals surface area contributed by atoms with Crippen LogP contribution < -0.4 is 10.1 Å². The van der Waals surface area contributed by atoms with Crippen molar-refractivity contribution in [3.05, 3.63) is 60.4 Å². The first kappa shape index (κ1) is 17.9. The number of fused-ring (bicyclic) bond motifs is 2. The Morgan fingerprint density at radius 2 is 2.03 bits per heavy atom. The molecule has 0 amide bonds. The van der Waals surface area contributed by atoms with Gasteiger partial charge in [0.05, 0.1) is 36.4 Å². The lowest BCUT2D eigenvalue weighted by Crippen LogP contribution is -2.44. The van der Waals surface area contributed by atoms with E-state index >= 15 is 0 Å². The average molecular weight is 400 g/mol. The molecule has 2 saturated heterocycles. The Labute approximate surface area is 174 Å².